The van der Waals surface area contributed by atoms with Crippen LogP contribution in [0, 0.1) is 5.82 Å². The number of anilines is 1. The van der Waals surface area contributed by atoms with Gasteiger partial charge < -0.3 is 5.32 Å². The molecule has 0 saturated heterocycles. The van der Waals surface area contributed by atoms with Crippen LogP contribution in [-0.4, -0.2) is 10.9 Å². The molecule has 1 amide bonds. The molecule has 0 aliphatic heterocycles. The van der Waals surface area contributed by atoms with Crippen molar-refractivity contribution >= 4 is 27.5 Å². The molecule has 1 heterocycles. The summed E-state index contributed by atoms with van der Waals surface area (Å²) in [6, 6.07) is 16.8. The van der Waals surface area contributed by atoms with Gasteiger partial charge in [-0.05, 0) is 54.6 Å². The van der Waals surface area contributed by atoms with Crippen molar-refractivity contribution in [1.29, 1.82) is 0 Å². The first kappa shape index (κ1) is 15.4. The van der Waals surface area contributed by atoms with E-state index in [9.17, 15) is 9.18 Å². The Balaban J connectivity index is 1.76. The molecule has 5 heteroatoms. The van der Waals surface area contributed by atoms with Gasteiger partial charge in [0.25, 0.3) is 5.91 Å². The highest BCUT2D eigenvalue weighted by Gasteiger charge is 2.08. The Morgan fingerprint density at radius 3 is 2.48 bits per heavy atom. The van der Waals surface area contributed by atoms with Crippen molar-refractivity contribution in [3.05, 3.63) is 82.7 Å². The van der Waals surface area contributed by atoms with Crippen molar-refractivity contribution in [1.82, 2.24) is 4.98 Å². The van der Waals surface area contributed by atoms with Crippen LogP contribution in [0.5, 0.6) is 0 Å². The quantitative estimate of drug-likeness (QED) is 0.712. The molecule has 2 aromatic carbocycles. The van der Waals surface area contributed by atoms with Gasteiger partial charge in [0.05, 0.1) is 11.3 Å². The number of nitrogens with one attached hydrogen (secondary N) is 1. The average molecular weight is 371 g/mol. The first-order chi connectivity index (χ1) is 11.1. The van der Waals surface area contributed by atoms with Gasteiger partial charge in [-0.3, -0.25) is 9.78 Å². The smallest absolute Gasteiger partial charge is 0.257 e. The Bertz CT molecular complexity index is 832. The van der Waals surface area contributed by atoms with Crippen molar-refractivity contribution in [3.63, 3.8) is 0 Å². The Kier molecular flexibility index (Phi) is 4.48. The van der Waals surface area contributed by atoms with E-state index in [0.717, 1.165) is 10.0 Å². The van der Waals surface area contributed by atoms with Crippen molar-refractivity contribution in [2.75, 3.05) is 5.32 Å². The van der Waals surface area contributed by atoms with Crippen LogP contribution in [0.2, 0.25) is 0 Å². The largest absolute Gasteiger partial charge is 0.322 e. The number of rotatable bonds is 3. The van der Waals surface area contributed by atoms with E-state index < -0.39 is 0 Å². The minimum Gasteiger partial charge on any atom is -0.322 e. The molecule has 0 atom stereocenters. The second kappa shape index (κ2) is 6.71. The lowest BCUT2D eigenvalue weighted by atomic mass is 10.1. The van der Waals surface area contributed by atoms with Crippen LogP contribution in [0.25, 0.3) is 11.3 Å². The molecule has 0 radical (unpaired) electrons. The fraction of sp³-hybridized carbons (Fsp3) is 0. The Morgan fingerprint density at radius 1 is 1.04 bits per heavy atom. The van der Waals surface area contributed by atoms with Crippen molar-refractivity contribution < 1.29 is 9.18 Å². The highest BCUT2D eigenvalue weighted by atomic mass is 79.9. The van der Waals surface area contributed by atoms with Crippen molar-refractivity contribution in [3.8, 4) is 11.3 Å². The summed E-state index contributed by atoms with van der Waals surface area (Å²) >= 11 is 3.36. The van der Waals surface area contributed by atoms with Crippen LogP contribution in [-0.2, 0) is 0 Å². The van der Waals surface area contributed by atoms with E-state index in [1.165, 1.54) is 18.3 Å². The second-order valence-corrected chi connectivity index (χ2v) is 5.82. The number of nitrogens with zero attached hydrogens (tertiary/aromatic N) is 1. The third-order valence-electron chi connectivity index (χ3n) is 3.25. The summed E-state index contributed by atoms with van der Waals surface area (Å²) in [6.07, 6.45) is 1.51. The molecule has 23 heavy (non-hydrogen) atoms. The number of amides is 1. The minimum atomic E-state index is -0.293. The minimum absolute atomic E-state index is 0.235. The van der Waals surface area contributed by atoms with E-state index in [0.29, 0.717) is 16.9 Å². The van der Waals surface area contributed by atoms with Gasteiger partial charge in [0.15, 0.2) is 0 Å². The lowest BCUT2D eigenvalue weighted by Gasteiger charge is -2.06. The topological polar surface area (TPSA) is 42.0 Å². The van der Waals surface area contributed by atoms with E-state index in [1.807, 2.05) is 24.3 Å². The van der Waals surface area contributed by atoms with Gasteiger partial charge in [0.1, 0.15) is 5.82 Å². The SMILES string of the molecule is O=C(Nc1cccc(Br)c1)c1ccc(-c2ccc(F)cc2)nc1. The molecule has 114 valence electrons. The number of benzene rings is 2. The second-order valence-electron chi connectivity index (χ2n) is 4.90. The van der Waals surface area contributed by atoms with Crippen LogP contribution in [0.3, 0.4) is 0 Å². The molecule has 0 aliphatic rings. The summed E-state index contributed by atoms with van der Waals surface area (Å²) in [7, 11) is 0. The third-order valence-corrected chi connectivity index (χ3v) is 3.74. The van der Waals surface area contributed by atoms with Crippen molar-refractivity contribution in [2.45, 2.75) is 0 Å². The summed E-state index contributed by atoms with van der Waals surface area (Å²) in [6.45, 7) is 0. The number of carbonyl (C=O) groups is 1. The Morgan fingerprint density at radius 2 is 1.83 bits per heavy atom. The van der Waals surface area contributed by atoms with Gasteiger partial charge in [-0.15, -0.1) is 0 Å². The van der Waals surface area contributed by atoms with Crippen LogP contribution in [0.1, 0.15) is 10.4 Å². The lowest BCUT2D eigenvalue weighted by molar-refractivity contribution is 0.102. The van der Waals surface area contributed by atoms with E-state index in [1.54, 1.807) is 24.3 Å². The molecule has 0 saturated carbocycles. The summed E-state index contributed by atoms with van der Waals surface area (Å²) in [4.78, 5) is 16.5. The van der Waals surface area contributed by atoms with Crippen LogP contribution in [0.15, 0.2) is 71.3 Å². The zero-order valence-corrected chi connectivity index (χ0v) is 13.5. The van der Waals surface area contributed by atoms with E-state index in [2.05, 4.69) is 26.2 Å². The zero-order chi connectivity index (χ0) is 16.2. The molecule has 1 N–H and O–H groups in total. The summed E-state index contributed by atoms with van der Waals surface area (Å²) in [5, 5.41) is 2.81. The molecule has 1 aromatic heterocycles. The molecular weight excluding hydrogens is 359 g/mol. The summed E-state index contributed by atoms with van der Waals surface area (Å²) in [5.41, 5.74) is 2.64. The van der Waals surface area contributed by atoms with Gasteiger partial charge >= 0.3 is 0 Å². The number of pyridine rings is 1. The average Bonchev–Trinajstić information content (AvgIpc) is 2.56. The highest BCUT2D eigenvalue weighted by Crippen LogP contribution is 2.19. The molecule has 0 unspecified atom stereocenters. The molecule has 3 rings (SSSR count). The maximum Gasteiger partial charge on any atom is 0.257 e. The Hall–Kier alpha value is -2.53. The van der Waals surface area contributed by atoms with Crippen molar-refractivity contribution in [2.24, 2.45) is 0 Å². The maximum absolute atomic E-state index is 12.9. The summed E-state index contributed by atoms with van der Waals surface area (Å²) < 4.78 is 13.8. The monoisotopic (exact) mass is 370 g/mol. The van der Waals surface area contributed by atoms with Gasteiger partial charge in [0, 0.05) is 21.9 Å². The zero-order valence-electron chi connectivity index (χ0n) is 12.0. The molecule has 3 nitrogen and oxygen atoms in total. The molecule has 0 bridgehead atoms. The van der Waals surface area contributed by atoms with Gasteiger partial charge in [0.2, 0.25) is 0 Å². The van der Waals surface area contributed by atoms with Crippen LogP contribution >= 0.6 is 15.9 Å². The van der Waals surface area contributed by atoms with Gasteiger partial charge in [-0.25, -0.2) is 4.39 Å². The number of hydrogen-bond donors (Lipinski definition) is 1. The summed E-state index contributed by atoms with van der Waals surface area (Å²) in [5.74, 6) is -0.528. The molecule has 0 spiro atoms. The number of hydrogen-bond acceptors (Lipinski definition) is 2. The molecular formula is C18H12BrFN2O. The highest BCUT2D eigenvalue weighted by molar-refractivity contribution is 9.10. The first-order valence-corrected chi connectivity index (χ1v) is 7.70. The molecule has 0 fully saturated rings. The van der Waals surface area contributed by atoms with E-state index in [4.69, 9.17) is 0 Å². The van der Waals surface area contributed by atoms with E-state index >= 15 is 0 Å². The Labute approximate surface area is 141 Å². The number of carbonyl (C=O) groups excluding carboxylic acids is 1. The lowest BCUT2D eigenvalue weighted by Crippen LogP contribution is -2.12. The van der Waals surface area contributed by atoms with Crippen LogP contribution in [0.4, 0.5) is 10.1 Å². The number of aromatic nitrogens is 1. The molecule has 3 aromatic rings. The van der Waals surface area contributed by atoms with Crippen LogP contribution < -0.4 is 5.32 Å². The number of halogens is 2. The third kappa shape index (κ3) is 3.81. The molecule has 0 aliphatic carbocycles. The fourth-order valence-corrected chi connectivity index (χ4v) is 2.49. The fourth-order valence-electron chi connectivity index (χ4n) is 2.09. The predicted molar refractivity (Wildman–Crippen MR) is 91.7 cm³/mol. The van der Waals surface area contributed by atoms with E-state index in [-0.39, 0.29) is 11.7 Å². The first-order valence-electron chi connectivity index (χ1n) is 6.91. The predicted octanol–water partition coefficient (Wildman–Crippen LogP) is 4.90. The normalized spacial score (nSPS) is 10.3. The maximum atomic E-state index is 12.9. The van der Waals surface area contributed by atoms with Gasteiger partial charge in [-0.1, -0.05) is 22.0 Å². The standard InChI is InChI=1S/C18H12BrFN2O/c19-14-2-1-3-16(10-14)22-18(23)13-6-9-17(21-11-13)12-4-7-15(20)8-5-12/h1-11H,(H,22,23). The van der Waals surface area contributed by atoms with Gasteiger partial charge in [-0.2, -0.15) is 0 Å².